The summed E-state index contributed by atoms with van der Waals surface area (Å²) >= 11 is 0. The largest absolute Gasteiger partial charge is 0.466 e. The van der Waals surface area contributed by atoms with Gasteiger partial charge in [-0.3, -0.25) is 4.79 Å². The molecule has 122 valence electrons. The van der Waals surface area contributed by atoms with Crippen LogP contribution in [0.25, 0.3) is 0 Å². The van der Waals surface area contributed by atoms with Crippen LogP contribution >= 0.6 is 0 Å². The fourth-order valence-electron chi connectivity index (χ4n) is 1.99. The van der Waals surface area contributed by atoms with Gasteiger partial charge in [0.05, 0.1) is 19.5 Å². The lowest BCUT2D eigenvalue weighted by Crippen LogP contribution is -2.11. The van der Waals surface area contributed by atoms with Crippen LogP contribution in [-0.4, -0.2) is 34.4 Å². The predicted molar refractivity (Wildman–Crippen MR) is 87.0 cm³/mol. The number of hydrogen-bond acceptors (Lipinski definition) is 5. The Bertz CT molecular complexity index is 609. The van der Waals surface area contributed by atoms with Crippen molar-refractivity contribution in [3.63, 3.8) is 0 Å². The molecule has 0 fully saturated rings. The Kier molecular flexibility index (Phi) is 6.84. The van der Waals surface area contributed by atoms with Crippen LogP contribution in [0.4, 0.5) is 0 Å². The number of rotatable bonds is 9. The Hall–Kier alpha value is -2.63. The van der Waals surface area contributed by atoms with E-state index in [1.165, 1.54) is 0 Å². The van der Waals surface area contributed by atoms with Gasteiger partial charge in [-0.25, -0.2) is 4.98 Å². The van der Waals surface area contributed by atoms with Gasteiger partial charge in [0.15, 0.2) is 0 Å². The van der Waals surface area contributed by atoms with E-state index >= 15 is 0 Å². The summed E-state index contributed by atoms with van der Waals surface area (Å²) in [4.78, 5) is 20.7. The van der Waals surface area contributed by atoms with Crippen LogP contribution in [0.15, 0.2) is 54.2 Å². The van der Waals surface area contributed by atoms with Gasteiger partial charge in [0, 0.05) is 24.4 Å². The summed E-state index contributed by atoms with van der Waals surface area (Å²) in [6, 6.07) is 9.84. The van der Waals surface area contributed by atoms with Crippen LogP contribution < -0.4 is 0 Å². The van der Waals surface area contributed by atoms with Crippen LogP contribution in [-0.2, 0) is 20.9 Å². The first-order chi connectivity index (χ1) is 11.3. The molecule has 0 aliphatic carbocycles. The van der Waals surface area contributed by atoms with E-state index in [4.69, 9.17) is 9.57 Å². The van der Waals surface area contributed by atoms with Gasteiger partial charge in [0.1, 0.15) is 12.3 Å². The minimum atomic E-state index is -0.207. The second kappa shape index (κ2) is 9.40. The van der Waals surface area contributed by atoms with E-state index in [2.05, 4.69) is 10.1 Å². The van der Waals surface area contributed by atoms with Crippen molar-refractivity contribution >= 4 is 11.7 Å². The van der Waals surface area contributed by atoms with Gasteiger partial charge in [-0.05, 0) is 13.3 Å². The number of imidazole rings is 1. The number of benzene rings is 1. The molecule has 0 unspecified atom stereocenters. The van der Waals surface area contributed by atoms with E-state index in [-0.39, 0.29) is 5.97 Å². The van der Waals surface area contributed by atoms with Gasteiger partial charge >= 0.3 is 5.97 Å². The summed E-state index contributed by atoms with van der Waals surface area (Å²) in [7, 11) is 0. The highest BCUT2D eigenvalue weighted by Crippen LogP contribution is 2.05. The molecule has 6 nitrogen and oxygen atoms in total. The zero-order chi connectivity index (χ0) is 16.3. The third kappa shape index (κ3) is 5.94. The van der Waals surface area contributed by atoms with Crippen LogP contribution in [0.5, 0.6) is 0 Å². The van der Waals surface area contributed by atoms with Gasteiger partial charge in [0.25, 0.3) is 0 Å². The first-order valence-corrected chi connectivity index (χ1v) is 7.65. The van der Waals surface area contributed by atoms with Crippen LogP contribution in [0.3, 0.4) is 0 Å². The lowest BCUT2D eigenvalue weighted by atomic mass is 10.1. The number of carbonyl (C=O) groups is 1. The predicted octanol–water partition coefficient (Wildman–Crippen LogP) is 2.65. The normalized spacial score (nSPS) is 11.3. The molecule has 0 spiro atoms. The van der Waals surface area contributed by atoms with E-state index in [9.17, 15) is 4.79 Å². The average Bonchev–Trinajstić information content (AvgIpc) is 3.07. The lowest BCUT2D eigenvalue weighted by Gasteiger charge is -2.08. The van der Waals surface area contributed by atoms with Crippen molar-refractivity contribution in [3.8, 4) is 0 Å². The van der Waals surface area contributed by atoms with Gasteiger partial charge in [0.2, 0.25) is 0 Å². The SMILES string of the molecule is CCOC(=O)CCCO/N=C(\Cn1ccnc1)c1ccccc1. The zero-order valence-electron chi connectivity index (χ0n) is 13.2. The quantitative estimate of drug-likeness (QED) is 0.309. The van der Waals surface area contributed by atoms with E-state index in [1.54, 1.807) is 19.4 Å². The van der Waals surface area contributed by atoms with E-state index < -0.39 is 0 Å². The number of nitrogens with zero attached hydrogens (tertiary/aromatic N) is 3. The van der Waals surface area contributed by atoms with E-state index in [1.807, 2.05) is 41.1 Å². The average molecular weight is 315 g/mol. The van der Waals surface area contributed by atoms with E-state index in [0.29, 0.717) is 32.6 Å². The molecule has 23 heavy (non-hydrogen) atoms. The van der Waals surface area contributed by atoms with Gasteiger partial charge < -0.3 is 14.1 Å². The molecular weight excluding hydrogens is 294 g/mol. The van der Waals surface area contributed by atoms with Gasteiger partial charge in [-0.2, -0.15) is 0 Å². The zero-order valence-corrected chi connectivity index (χ0v) is 13.2. The van der Waals surface area contributed by atoms with Crippen molar-refractivity contribution < 1.29 is 14.4 Å². The highest BCUT2D eigenvalue weighted by Gasteiger charge is 2.06. The summed E-state index contributed by atoms with van der Waals surface area (Å²) in [6.07, 6.45) is 6.25. The van der Waals surface area contributed by atoms with Gasteiger partial charge in [-0.1, -0.05) is 35.5 Å². The fourth-order valence-corrected chi connectivity index (χ4v) is 1.99. The molecule has 0 bridgehead atoms. The monoisotopic (exact) mass is 315 g/mol. The van der Waals surface area contributed by atoms with Crippen molar-refractivity contribution in [2.45, 2.75) is 26.3 Å². The maximum atomic E-state index is 11.2. The van der Waals surface area contributed by atoms with E-state index in [0.717, 1.165) is 11.3 Å². The topological polar surface area (TPSA) is 65.7 Å². The molecule has 2 rings (SSSR count). The molecular formula is C17H21N3O3. The molecule has 1 aromatic heterocycles. The third-order valence-electron chi connectivity index (χ3n) is 3.10. The molecule has 0 aliphatic rings. The Labute approximate surface area is 135 Å². The van der Waals surface area contributed by atoms with Crippen LogP contribution in [0.1, 0.15) is 25.3 Å². The Morgan fingerprint density at radius 1 is 1.30 bits per heavy atom. The van der Waals surface area contributed by atoms with Gasteiger partial charge in [-0.15, -0.1) is 0 Å². The maximum absolute atomic E-state index is 11.2. The Morgan fingerprint density at radius 2 is 2.13 bits per heavy atom. The summed E-state index contributed by atoms with van der Waals surface area (Å²) in [5.41, 5.74) is 1.80. The van der Waals surface area contributed by atoms with Crippen LogP contribution in [0, 0.1) is 0 Å². The second-order valence-electron chi connectivity index (χ2n) is 4.88. The number of aromatic nitrogens is 2. The number of ether oxygens (including phenoxy) is 1. The molecule has 0 atom stereocenters. The Morgan fingerprint density at radius 3 is 2.83 bits per heavy atom. The molecule has 1 aromatic carbocycles. The fraction of sp³-hybridized carbons (Fsp3) is 0.353. The standard InChI is InChI=1S/C17H21N3O3/c1-2-22-17(21)9-6-12-23-19-16(13-20-11-10-18-14-20)15-7-4-3-5-8-15/h3-5,7-8,10-11,14H,2,6,9,12-13H2,1H3/b19-16+. The summed E-state index contributed by atoms with van der Waals surface area (Å²) in [5, 5.41) is 4.23. The number of hydrogen-bond donors (Lipinski definition) is 0. The maximum Gasteiger partial charge on any atom is 0.305 e. The minimum Gasteiger partial charge on any atom is -0.466 e. The third-order valence-corrected chi connectivity index (χ3v) is 3.10. The minimum absolute atomic E-state index is 0.207. The van der Waals surface area contributed by atoms with Crippen molar-refractivity contribution in [3.05, 3.63) is 54.6 Å². The Balaban J connectivity index is 1.90. The molecule has 0 saturated heterocycles. The summed E-state index contributed by atoms with van der Waals surface area (Å²) in [6.45, 7) is 3.14. The molecule has 0 aliphatic heterocycles. The van der Waals surface area contributed by atoms with Crippen LogP contribution in [0.2, 0.25) is 0 Å². The molecule has 0 radical (unpaired) electrons. The second-order valence-corrected chi connectivity index (χ2v) is 4.88. The molecule has 2 aromatic rings. The molecule has 6 heteroatoms. The summed E-state index contributed by atoms with van der Waals surface area (Å²) in [5.74, 6) is -0.207. The first-order valence-electron chi connectivity index (χ1n) is 7.65. The number of carbonyl (C=O) groups excluding carboxylic acids is 1. The van der Waals surface area contributed by atoms with Crippen molar-refractivity contribution in [1.82, 2.24) is 9.55 Å². The number of esters is 1. The molecule has 0 saturated carbocycles. The first kappa shape index (κ1) is 16.7. The van der Waals surface area contributed by atoms with Crippen molar-refractivity contribution in [1.29, 1.82) is 0 Å². The smallest absolute Gasteiger partial charge is 0.305 e. The molecule has 1 heterocycles. The summed E-state index contributed by atoms with van der Waals surface area (Å²) < 4.78 is 6.79. The molecule has 0 amide bonds. The lowest BCUT2D eigenvalue weighted by molar-refractivity contribution is -0.143. The number of oxime groups is 1. The highest BCUT2D eigenvalue weighted by atomic mass is 16.6. The van der Waals surface area contributed by atoms with Crippen molar-refractivity contribution in [2.75, 3.05) is 13.2 Å². The molecule has 0 N–H and O–H groups in total. The van der Waals surface area contributed by atoms with Crippen molar-refractivity contribution in [2.24, 2.45) is 5.16 Å². The highest BCUT2D eigenvalue weighted by molar-refractivity contribution is 6.00.